The standard InChI is InChI=1S/C13H12F2N2O3/c1-7(2)13-16-11(17-20-13)6-19-12-9(14)3-8(5-18)4-10(12)15/h3-5,7H,6H2,1-2H3. The van der Waals surface area contributed by atoms with Crippen LogP contribution in [0.15, 0.2) is 16.7 Å². The molecule has 20 heavy (non-hydrogen) atoms. The maximum Gasteiger partial charge on any atom is 0.229 e. The van der Waals surface area contributed by atoms with Gasteiger partial charge < -0.3 is 9.26 Å². The van der Waals surface area contributed by atoms with Gasteiger partial charge in [-0.05, 0) is 12.1 Å². The number of halogens is 2. The molecule has 0 saturated carbocycles. The van der Waals surface area contributed by atoms with Gasteiger partial charge in [0.25, 0.3) is 0 Å². The minimum atomic E-state index is -0.959. The van der Waals surface area contributed by atoms with Crippen molar-refractivity contribution in [2.45, 2.75) is 26.4 Å². The Morgan fingerprint density at radius 3 is 2.50 bits per heavy atom. The summed E-state index contributed by atoms with van der Waals surface area (Å²) < 4.78 is 37.0. The lowest BCUT2D eigenvalue weighted by Gasteiger charge is -2.06. The van der Waals surface area contributed by atoms with Crippen molar-refractivity contribution in [3.05, 3.63) is 41.0 Å². The molecule has 0 aliphatic rings. The smallest absolute Gasteiger partial charge is 0.229 e. The van der Waals surface area contributed by atoms with Crippen LogP contribution < -0.4 is 4.74 Å². The zero-order valence-corrected chi connectivity index (χ0v) is 10.9. The lowest BCUT2D eigenvalue weighted by Crippen LogP contribution is -2.02. The summed E-state index contributed by atoms with van der Waals surface area (Å²) in [5.41, 5.74) is -0.103. The number of benzene rings is 1. The Morgan fingerprint density at radius 1 is 1.35 bits per heavy atom. The fourth-order valence-corrected chi connectivity index (χ4v) is 1.48. The molecule has 0 N–H and O–H groups in total. The number of aldehydes is 1. The van der Waals surface area contributed by atoms with Crippen LogP contribution in [0, 0.1) is 11.6 Å². The molecule has 0 bridgehead atoms. The van der Waals surface area contributed by atoms with Gasteiger partial charge in [-0.3, -0.25) is 4.79 Å². The number of rotatable bonds is 5. The maximum atomic E-state index is 13.5. The van der Waals surface area contributed by atoms with Gasteiger partial charge in [0.05, 0.1) is 0 Å². The number of carbonyl (C=O) groups excluding carboxylic acids is 1. The van der Waals surface area contributed by atoms with E-state index in [1.807, 2.05) is 13.8 Å². The van der Waals surface area contributed by atoms with Crippen LogP contribution in [-0.2, 0) is 6.61 Å². The van der Waals surface area contributed by atoms with Gasteiger partial charge in [-0.2, -0.15) is 4.98 Å². The van der Waals surface area contributed by atoms with Crippen molar-refractivity contribution in [2.75, 3.05) is 0 Å². The molecule has 1 heterocycles. The highest BCUT2D eigenvalue weighted by molar-refractivity contribution is 5.75. The molecule has 2 aromatic rings. The number of hydrogen-bond acceptors (Lipinski definition) is 5. The van der Waals surface area contributed by atoms with Crippen molar-refractivity contribution in [2.24, 2.45) is 0 Å². The summed E-state index contributed by atoms with van der Waals surface area (Å²) in [7, 11) is 0. The second-order valence-corrected chi connectivity index (χ2v) is 4.42. The number of ether oxygens (including phenoxy) is 1. The van der Waals surface area contributed by atoms with Crippen LogP contribution in [-0.4, -0.2) is 16.4 Å². The van der Waals surface area contributed by atoms with Gasteiger partial charge in [-0.15, -0.1) is 0 Å². The quantitative estimate of drug-likeness (QED) is 0.789. The molecule has 0 saturated heterocycles. The molecule has 0 radical (unpaired) electrons. The van der Waals surface area contributed by atoms with Crippen LogP contribution in [0.5, 0.6) is 5.75 Å². The zero-order valence-electron chi connectivity index (χ0n) is 10.9. The van der Waals surface area contributed by atoms with E-state index < -0.39 is 17.4 Å². The van der Waals surface area contributed by atoms with Crippen LogP contribution in [0.25, 0.3) is 0 Å². The third-order valence-corrected chi connectivity index (χ3v) is 2.48. The van der Waals surface area contributed by atoms with Gasteiger partial charge in [0.15, 0.2) is 24.0 Å². The Labute approximate surface area is 113 Å². The summed E-state index contributed by atoms with van der Waals surface area (Å²) in [6.07, 6.45) is 0.351. The SMILES string of the molecule is CC(C)c1nc(COc2c(F)cc(C=O)cc2F)no1. The van der Waals surface area contributed by atoms with Crippen molar-refractivity contribution in [1.29, 1.82) is 0 Å². The van der Waals surface area contributed by atoms with E-state index in [0.29, 0.717) is 12.2 Å². The molecule has 1 aromatic carbocycles. The summed E-state index contributed by atoms with van der Waals surface area (Å²) in [6.45, 7) is 3.51. The van der Waals surface area contributed by atoms with E-state index in [0.717, 1.165) is 12.1 Å². The molecule has 2 rings (SSSR count). The van der Waals surface area contributed by atoms with Crippen molar-refractivity contribution < 1.29 is 22.8 Å². The molecule has 0 unspecified atom stereocenters. The molecule has 0 aliphatic heterocycles. The zero-order chi connectivity index (χ0) is 14.7. The largest absolute Gasteiger partial charge is 0.479 e. The van der Waals surface area contributed by atoms with Gasteiger partial charge in [0.1, 0.15) is 6.29 Å². The summed E-state index contributed by atoms with van der Waals surface area (Å²) in [6, 6.07) is 1.78. The second kappa shape index (κ2) is 5.77. The number of hydrogen-bond donors (Lipinski definition) is 0. The van der Waals surface area contributed by atoms with E-state index in [2.05, 4.69) is 10.1 Å². The van der Waals surface area contributed by atoms with E-state index in [9.17, 15) is 13.6 Å². The Bertz CT molecular complexity index is 603. The number of nitrogens with zero attached hydrogens (tertiary/aromatic N) is 2. The summed E-state index contributed by atoms with van der Waals surface area (Å²) >= 11 is 0. The van der Waals surface area contributed by atoms with E-state index in [-0.39, 0.29) is 23.9 Å². The van der Waals surface area contributed by atoms with Crippen LogP contribution >= 0.6 is 0 Å². The first-order chi connectivity index (χ1) is 9.51. The lowest BCUT2D eigenvalue weighted by atomic mass is 10.2. The topological polar surface area (TPSA) is 65.2 Å². The first-order valence-electron chi connectivity index (χ1n) is 5.90. The van der Waals surface area contributed by atoms with Gasteiger partial charge in [0.2, 0.25) is 11.7 Å². The molecule has 0 aliphatic carbocycles. The van der Waals surface area contributed by atoms with Crippen molar-refractivity contribution in [3.63, 3.8) is 0 Å². The molecular formula is C13H12F2N2O3. The molecule has 5 nitrogen and oxygen atoms in total. The monoisotopic (exact) mass is 282 g/mol. The van der Waals surface area contributed by atoms with Crippen molar-refractivity contribution in [1.82, 2.24) is 10.1 Å². The van der Waals surface area contributed by atoms with E-state index in [1.165, 1.54) is 0 Å². The molecule has 0 spiro atoms. The van der Waals surface area contributed by atoms with Crippen LogP contribution in [0.4, 0.5) is 8.78 Å². The molecule has 1 aromatic heterocycles. The molecule has 106 valence electrons. The average molecular weight is 282 g/mol. The first kappa shape index (κ1) is 14.1. The highest BCUT2D eigenvalue weighted by Gasteiger charge is 2.15. The molecule has 0 fully saturated rings. The highest BCUT2D eigenvalue weighted by atomic mass is 19.1. The molecule has 7 heteroatoms. The minimum Gasteiger partial charge on any atom is -0.479 e. The number of carbonyl (C=O) groups is 1. The summed E-state index contributed by atoms with van der Waals surface area (Å²) in [4.78, 5) is 14.5. The van der Waals surface area contributed by atoms with E-state index in [1.54, 1.807) is 0 Å². The summed E-state index contributed by atoms with van der Waals surface area (Å²) in [5.74, 6) is -1.84. The average Bonchev–Trinajstić information content (AvgIpc) is 2.86. The Hall–Kier alpha value is -2.31. The molecule has 0 atom stereocenters. The predicted molar refractivity (Wildman–Crippen MR) is 64.5 cm³/mol. The maximum absolute atomic E-state index is 13.5. The number of aromatic nitrogens is 2. The van der Waals surface area contributed by atoms with Gasteiger partial charge >= 0.3 is 0 Å². The first-order valence-corrected chi connectivity index (χ1v) is 5.90. The third-order valence-electron chi connectivity index (χ3n) is 2.48. The Balaban J connectivity index is 2.12. The van der Waals surface area contributed by atoms with Crippen molar-refractivity contribution in [3.8, 4) is 5.75 Å². The van der Waals surface area contributed by atoms with Crippen LogP contribution in [0.1, 0.15) is 41.8 Å². The molecule has 0 amide bonds. The van der Waals surface area contributed by atoms with Gasteiger partial charge in [-0.25, -0.2) is 8.78 Å². The van der Waals surface area contributed by atoms with Crippen molar-refractivity contribution >= 4 is 6.29 Å². The van der Waals surface area contributed by atoms with Gasteiger partial charge in [0, 0.05) is 11.5 Å². The normalized spacial score (nSPS) is 10.8. The lowest BCUT2D eigenvalue weighted by molar-refractivity contribution is 0.112. The van der Waals surface area contributed by atoms with Crippen LogP contribution in [0.2, 0.25) is 0 Å². The highest BCUT2D eigenvalue weighted by Crippen LogP contribution is 2.23. The fourth-order valence-electron chi connectivity index (χ4n) is 1.48. The minimum absolute atomic E-state index is 0.0524. The Morgan fingerprint density at radius 2 is 2.00 bits per heavy atom. The van der Waals surface area contributed by atoms with Gasteiger partial charge in [-0.1, -0.05) is 19.0 Å². The van der Waals surface area contributed by atoms with E-state index >= 15 is 0 Å². The Kier molecular flexibility index (Phi) is 4.07. The third kappa shape index (κ3) is 2.98. The van der Waals surface area contributed by atoms with E-state index in [4.69, 9.17) is 9.26 Å². The molecular weight excluding hydrogens is 270 g/mol. The second-order valence-electron chi connectivity index (χ2n) is 4.42. The summed E-state index contributed by atoms with van der Waals surface area (Å²) in [5, 5.41) is 3.63. The fraction of sp³-hybridized carbons (Fsp3) is 0.308. The predicted octanol–water partition coefficient (Wildman–Crippen LogP) is 2.86. The van der Waals surface area contributed by atoms with Crippen LogP contribution in [0.3, 0.4) is 0 Å².